The molecule has 0 aromatic carbocycles. The van der Waals surface area contributed by atoms with Crippen LogP contribution < -0.4 is 5.73 Å². The molecule has 5 heteroatoms. The van der Waals surface area contributed by atoms with E-state index in [1.165, 1.54) is 0 Å². The minimum atomic E-state index is 0.694. The van der Waals surface area contributed by atoms with Crippen LogP contribution >= 0.6 is 15.9 Å². The summed E-state index contributed by atoms with van der Waals surface area (Å²) in [7, 11) is 0. The molecule has 16 heavy (non-hydrogen) atoms. The van der Waals surface area contributed by atoms with Gasteiger partial charge in [-0.2, -0.15) is 0 Å². The van der Waals surface area contributed by atoms with E-state index in [1.54, 1.807) is 0 Å². The van der Waals surface area contributed by atoms with Gasteiger partial charge in [-0.15, -0.1) is 0 Å². The normalized spacial score (nSPS) is 11.1. The van der Waals surface area contributed by atoms with Crippen LogP contribution in [-0.2, 0) is 0 Å². The summed E-state index contributed by atoms with van der Waals surface area (Å²) < 4.78 is 8.01. The van der Waals surface area contributed by atoms with Crippen molar-refractivity contribution in [2.75, 3.05) is 5.73 Å². The summed E-state index contributed by atoms with van der Waals surface area (Å²) in [6.07, 6.45) is 3.71. The van der Waals surface area contributed by atoms with Gasteiger partial charge in [0.05, 0.1) is 0 Å². The maximum absolute atomic E-state index is 5.70. The lowest BCUT2D eigenvalue weighted by atomic mass is 10.4. The van der Waals surface area contributed by atoms with E-state index in [4.69, 9.17) is 10.2 Å². The topological polar surface area (TPSA) is 56.5 Å². The van der Waals surface area contributed by atoms with Crippen molar-refractivity contribution in [3.63, 3.8) is 0 Å². The van der Waals surface area contributed by atoms with Crippen LogP contribution in [0.3, 0.4) is 0 Å². The van der Waals surface area contributed by atoms with Crippen molar-refractivity contribution in [2.45, 2.75) is 0 Å². The van der Waals surface area contributed by atoms with Crippen LogP contribution in [0.15, 0.2) is 45.7 Å². The molecule has 0 saturated carbocycles. The largest absolute Gasteiger partial charge is 0.448 e. The molecule has 3 heterocycles. The van der Waals surface area contributed by atoms with Gasteiger partial charge in [-0.25, -0.2) is 4.98 Å². The molecule has 0 atom stereocenters. The maximum Gasteiger partial charge on any atom is 0.169 e. The van der Waals surface area contributed by atoms with E-state index in [1.807, 2.05) is 41.1 Å². The average Bonchev–Trinajstić information content (AvgIpc) is 2.83. The second kappa shape index (κ2) is 3.38. The molecule has 0 spiro atoms. The van der Waals surface area contributed by atoms with Crippen molar-refractivity contribution in [2.24, 2.45) is 0 Å². The summed E-state index contributed by atoms with van der Waals surface area (Å²) >= 11 is 3.26. The van der Waals surface area contributed by atoms with E-state index in [0.29, 0.717) is 10.4 Å². The number of pyridine rings is 1. The van der Waals surface area contributed by atoms with Gasteiger partial charge in [0.15, 0.2) is 10.4 Å². The fourth-order valence-electron chi connectivity index (χ4n) is 1.58. The van der Waals surface area contributed by atoms with Crippen molar-refractivity contribution in [1.82, 2.24) is 9.38 Å². The lowest BCUT2D eigenvalue weighted by molar-refractivity contribution is 0.554. The van der Waals surface area contributed by atoms with Gasteiger partial charge in [0.25, 0.3) is 0 Å². The molecule has 3 aromatic heterocycles. The summed E-state index contributed by atoms with van der Waals surface area (Å²) in [4.78, 5) is 4.43. The number of hydrogen-bond acceptors (Lipinski definition) is 3. The molecule has 0 unspecified atom stereocenters. The van der Waals surface area contributed by atoms with Crippen LogP contribution in [0, 0.1) is 0 Å². The second-order valence-corrected chi connectivity index (χ2v) is 4.24. The summed E-state index contributed by atoms with van der Waals surface area (Å²) in [5.74, 6) is 0.731. The van der Waals surface area contributed by atoms with E-state index >= 15 is 0 Å². The third-order valence-electron chi connectivity index (χ3n) is 2.30. The zero-order chi connectivity index (χ0) is 11.1. The zero-order valence-corrected chi connectivity index (χ0v) is 9.81. The van der Waals surface area contributed by atoms with Crippen LogP contribution in [0.25, 0.3) is 17.1 Å². The Morgan fingerprint density at radius 3 is 2.81 bits per heavy atom. The Kier molecular flexibility index (Phi) is 2.00. The number of fused-ring (bicyclic) bond motifs is 1. The molecule has 0 aliphatic heterocycles. The van der Waals surface area contributed by atoms with Crippen LogP contribution in [0.1, 0.15) is 0 Å². The van der Waals surface area contributed by atoms with Crippen molar-refractivity contribution in [1.29, 1.82) is 0 Å². The number of aromatic nitrogens is 2. The predicted molar refractivity (Wildman–Crippen MR) is 65.0 cm³/mol. The number of hydrogen-bond donors (Lipinski definition) is 1. The molecule has 0 amide bonds. The molecule has 0 radical (unpaired) electrons. The van der Waals surface area contributed by atoms with Crippen LogP contribution in [0.4, 0.5) is 5.69 Å². The van der Waals surface area contributed by atoms with Gasteiger partial charge in [0, 0.05) is 18.1 Å². The van der Waals surface area contributed by atoms with Gasteiger partial charge >= 0.3 is 0 Å². The number of rotatable bonds is 1. The van der Waals surface area contributed by atoms with E-state index < -0.39 is 0 Å². The van der Waals surface area contributed by atoms with Crippen molar-refractivity contribution >= 4 is 27.3 Å². The highest BCUT2D eigenvalue weighted by Crippen LogP contribution is 2.24. The maximum atomic E-state index is 5.70. The number of anilines is 1. The molecule has 0 bridgehead atoms. The number of halogens is 1. The van der Waals surface area contributed by atoms with Gasteiger partial charge in [-0.1, -0.05) is 0 Å². The van der Waals surface area contributed by atoms with Crippen molar-refractivity contribution in [3.05, 3.63) is 41.3 Å². The summed E-state index contributed by atoms with van der Waals surface area (Å²) in [6.45, 7) is 0. The van der Waals surface area contributed by atoms with Gasteiger partial charge < -0.3 is 14.6 Å². The first kappa shape index (κ1) is 9.47. The SMILES string of the molecule is Nc1ccc2nc(-c3ccc(Br)o3)cn2c1. The number of nitrogens with zero attached hydrogens (tertiary/aromatic N) is 2. The Bertz CT molecular complexity index is 656. The number of furan rings is 1. The van der Waals surface area contributed by atoms with Gasteiger partial charge in [0.2, 0.25) is 0 Å². The number of nitrogen functional groups attached to an aromatic ring is 1. The highest BCUT2D eigenvalue weighted by atomic mass is 79.9. The molecule has 3 aromatic rings. The molecular weight excluding hydrogens is 270 g/mol. The lowest BCUT2D eigenvalue weighted by Gasteiger charge is -1.93. The average molecular weight is 278 g/mol. The molecule has 0 fully saturated rings. The Labute approximate surface area is 99.8 Å². The predicted octanol–water partition coefficient (Wildman–Crippen LogP) is 2.94. The van der Waals surface area contributed by atoms with E-state index in [-0.39, 0.29) is 0 Å². The van der Waals surface area contributed by atoms with E-state index in [2.05, 4.69) is 20.9 Å². The van der Waals surface area contributed by atoms with Gasteiger partial charge in [0.1, 0.15) is 11.3 Å². The molecular formula is C11H8BrN3O. The highest BCUT2D eigenvalue weighted by Gasteiger charge is 2.07. The molecule has 3 rings (SSSR count). The molecule has 2 N–H and O–H groups in total. The first-order valence-corrected chi connectivity index (χ1v) is 5.51. The van der Waals surface area contributed by atoms with Crippen LogP contribution in [0.5, 0.6) is 0 Å². The minimum Gasteiger partial charge on any atom is -0.448 e. The van der Waals surface area contributed by atoms with E-state index in [0.717, 1.165) is 17.1 Å². The third-order valence-corrected chi connectivity index (χ3v) is 2.73. The fourth-order valence-corrected chi connectivity index (χ4v) is 1.89. The molecule has 0 aliphatic carbocycles. The number of nitrogens with two attached hydrogens (primary N) is 1. The first-order valence-electron chi connectivity index (χ1n) is 4.72. The summed E-state index contributed by atoms with van der Waals surface area (Å²) in [6, 6.07) is 7.41. The third kappa shape index (κ3) is 1.49. The lowest BCUT2D eigenvalue weighted by Crippen LogP contribution is -1.88. The quantitative estimate of drug-likeness (QED) is 0.744. The van der Waals surface area contributed by atoms with Gasteiger partial charge in [-0.05, 0) is 40.2 Å². The zero-order valence-electron chi connectivity index (χ0n) is 8.22. The Morgan fingerprint density at radius 1 is 1.19 bits per heavy atom. The van der Waals surface area contributed by atoms with Crippen molar-refractivity contribution < 1.29 is 4.42 Å². The monoisotopic (exact) mass is 277 g/mol. The van der Waals surface area contributed by atoms with Gasteiger partial charge in [-0.3, -0.25) is 0 Å². The molecule has 4 nitrogen and oxygen atoms in total. The summed E-state index contributed by atoms with van der Waals surface area (Å²) in [5.41, 5.74) is 8.03. The van der Waals surface area contributed by atoms with Crippen LogP contribution in [0.2, 0.25) is 0 Å². The molecule has 0 aliphatic rings. The Morgan fingerprint density at radius 2 is 2.06 bits per heavy atom. The van der Waals surface area contributed by atoms with Crippen molar-refractivity contribution in [3.8, 4) is 11.5 Å². The standard InChI is InChI=1S/C11H8BrN3O/c12-10-3-2-9(16-10)8-6-15-5-7(13)1-4-11(15)14-8/h1-6H,13H2. The van der Waals surface area contributed by atoms with Crippen LogP contribution in [-0.4, -0.2) is 9.38 Å². The number of imidazole rings is 1. The Balaban J connectivity index is 2.18. The highest BCUT2D eigenvalue weighted by molar-refractivity contribution is 9.10. The Hall–Kier alpha value is -1.75. The molecule has 0 saturated heterocycles. The fraction of sp³-hybridized carbons (Fsp3) is 0. The smallest absolute Gasteiger partial charge is 0.169 e. The van der Waals surface area contributed by atoms with E-state index in [9.17, 15) is 0 Å². The minimum absolute atomic E-state index is 0.694. The first-order chi connectivity index (χ1) is 7.72. The molecule has 80 valence electrons. The summed E-state index contributed by atoms with van der Waals surface area (Å²) in [5, 5.41) is 0. The second-order valence-electron chi connectivity index (χ2n) is 3.46.